The summed E-state index contributed by atoms with van der Waals surface area (Å²) in [5.74, 6) is 0.239. The number of nitrogens with zero attached hydrogens (tertiary/aromatic N) is 3. The average Bonchev–Trinajstić information content (AvgIpc) is 2.81. The van der Waals surface area contributed by atoms with Crippen LogP contribution in [-0.2, 0) is 6.61 Å². The molecular formula is C11H9N3O5. The number of hydrogen-bond acceptors (Lipinski definition) is 7. The smallest absolute Gasteiger partial charge is 0.270 e. The van der Waals surface area contributed by atoms with Gasteiger partial charge >= 0.3 is 0 Å². The summed E-state index contributed by atoms with van der Waals surface area (Å²) < 4.78 is 9.87. The van der Waals surface area contributed by atoms with E-state index in [0.29, 0.717) is 17.7 Å². The molecule has 98 valence electrons. The first-order chi connectivity index (χ1) is 9.11. The molecule has 0 saturated carbocycles. The molecule has 0 spiro atoms. The third kappa shape index (κ3) is 2.73. The van der Waals surface area contributed by atoms with Crippen LogP contribution in [-0.4, -0.2) is 21.5 Å². The lowest BCUT2D eigenvalue weighted by molar-refractivity contribution is -0.384. The maximum absolute atomic E-state index is 10.9. The Labute approximate surface area is 107 Å². The summed E-state index contributed by atoms with van der Waals surface area (Å²) in [5.41, 5.74) is 1.00. The number of non-ortho nitro benzene ring substituents is 1. The minimum Gasteiger partial charge on any atom is -0.486 e. The van der Waals surface area contributed by atoms with Crippen molar-refractivity contribution >= 4 is 12.0 Å². The lowest BCUT2D eigenvalue weighted by Gasteiger charge is -2.06. The molecule has 0 saturated heterocycles. The van der Waals surface area contributed by atoms with Crippen LogP contribution < -0.4 is 4.74 Å². The summed E-state index contributed by atoms with van der Waals surface area (Å²) in [6.45, 7) is 1.76. The third-order valence-electron chi connectivity index (χ3n) is 2.44. The predicted octanol–water partition coefficient (Wildman–Crippen LogP) is 1.68. The number of aromatic nitrogens is 2. The number of nitro benzene ring substituents is 1. The maximum Gasteiger partial charge on any atom is 0.270 e. The molecule has 0 atom stereocenters. The molecular weight excluding hydrogens is 254 g/mol. The molecule has 0 unspecified atom stereocenters. The fourth-order valence-corrected chi connectivity index (χ4v) is 1.40. The molecule has 8 heteroatoms. The van der Waals surface area contributed by atoms with Gasteiger partial charge < -0.3 is 4.74 Å². The van der Waals surface area contributed by atoms with E-state index in [1.807, 2.05) is 0 Å². The van der Waals surface area contributed by atoms with E-state index in [2.05, 4.69) is 14.9 Å². The van der Waals surface area contributed by atoms with E-state index in [1.165, 1.54) is 12.1 Å². The van der Waals surface area contributed by atoms with Crippen LogP contribution in [0.5, 0.6) is 5.75 Å². The Balaban J connectivity index is 2.18. The molecule has 0 aliphatic heterocycles. The second-order valence-electron chi connectivity index (χ2n) is 3.68. The highest BCUT2D eigenvalue weighted by molar-refractivity contribution is 5.80. The molecule has 1 heterocycles. The van der Waals surface area contributed by atoms with Crippen LogP contribution in [0.25, 0.3) is 0 Å². The molecule has 0 radical (unpaired) electrons. The first kappa shape index (κ1) is 12.7. The van der Waals surface area contributed by atoms with Gasteiger partial charge in [-0.25, -0.2) is 4.63 Å². The number of hydrogen-bond donors (Lipinski definition) is 0. The minimum atomic E-state index is -0.581. The monoisotopic (exact) mass is 263 g/mol. The highest BCUT2D eigenvalue weighted by atomic mass is 16.6. The highest BCUT2D eigenvalue weighted by Crippen LogP contribution is 2.23. The number of aldehydes is 1. The molecule has 0 fully saturated rings. The van der Waals surface area contributed by atoms with Gasteiger partial charge in [0.2, 0.25) is 0 Å². The number of nitro groups is 1. The zero-order valence-electron chi connectivity index (χ0n) is 9.90. The van der Waals surface area contributed by atoms with Crippen molar-refractivity contribution in [2.24, 2.45) is 0 Å². The molecule has 1 aromatic heterocycles. The van der Waals surface area contributed by atoms with Gasteiger partial charge in [0.25, 0.3) is 5.69 Å². The fourth-order valence-electron chi connectivity index (χ4n) is 1.40. The SMILES string of the molecule is Cc1nonc1COc1ccc([N+](=O)[O-])cc1C=O. The predicted molar refractivity (Wildman–Crippen MR) is 61.9 cm³/mol. The normalized spacial score (nSPS) is 10.2. The largest absolute Gasteiger partial charge is 0.486 e. The van der Waals surface area contributed by atoms with Crippen molar-refractivity contribution in [3.8, 4) is 5.75 Å². The molecule has 8 nitrogen and oxygen atoms in total. The average molecular weight is 263 g/mol. The van der Waals surface area contributed by atoms with Crippen LogP contribution in [0.3, 0.4) is 0 Å². The topological polar surface area (TPSA) is 108 Å². The zero-order valence-corrected chi connectivity index (χ0v) is 9.90. The Kier molecular flexibility index (Phi) is 3.51. The molecule has 0 amide bonds. The summed E-state index contributed by atoms with van der Waals surface area (Å²) in [6, 6.07) is 3.77. The van der Waals surface area contributed by atoms with Gasteiger partial charge in [-0.15, -0.1) is 0 Å². The summed E-state index contributed by atoms with van der Waals surface area (Å²) in [6.07, 6.45) is 0.496. The Morgan fingerprint density at radius 1 is 1.47 bits per heavy atom. The number of aryl methyl sites for hydroxylation is 1. The highest BCUT2D eigenvalue weighted by Gasteiger charge is 2.13. The minimum absolute atomic E-state index is 0.0635. The first-order valence-electron chi connectivity index (χ1n) is 5.26. The van der Waals surface area contributed by atoms with Crippen molar-refractivity contribution in [1.29, 1.82) is 0 Å². The van der Waals surface area contributed by atoms with Gasteiger partial charge in [-0.2, -0.15) is 0 Å². The molecule has 1 aromatic carbocycles. The van der Waals surface area contributed by atoms with Crippen LogP contribution in [0, 0.1) is 17.0 Å². The Morgan fingerprint density at radius 3 is 2.84 bits per heavy atom. The number of rotatable bonds is 5. The Morgan fingerprint density at radius 2 is 2.26 bits per heavy atom. The Bertz CT molecular complexity index is 623. The second-order valence-corrected chi connectivity index (χ2v) is 3.68. The van der Waals surface area contributed by atoms with Crippen LogP contribution in [0.2, 0.25) is 0 Å². The van der Waals surface area contributed by atoms with E-state index >= 15 is 0 Å². The fraction of sp³-hybridized carbons (Fsp3) is 0.182. The van der Waals surface area contributed by atoms with Crippen molar-refractivity contribution in [1.82, 2.24) is 10.3 Å². The summed E-state index contributed by atoms with van der Waals surface area (Å²) >= 11 is 0. The van der Waals surface area contributed by atoms with Crippen LogP contribution in [0.1, 0.15) is 21.7 Å². The molecule has 2 aromatic rings. The lowest BCUT2D eigenvalue weighted by atomic mass is 10.2. The molecule has 0 bridgehead atoms. The van der Waals surface area contributed by atoms with E-state index in [1.54, 1.807) is 6.92 Å². The van der Waals surface area contributed by atoms with Gasteiger partial charge in [0.15, 0.2) is 6.29 Å². The maximum atomic E-state index is 10.9. The van der Waals surface area contributed by atoms with Crippen LogP contribution in [0.4, 0.5) is 5.69 Å². The van der Waals surface area contributed by atoms with E-state index in [9.17, 15) is 14.9 Å². The third-order valence-corrected chi connectivity index (χ3v) is 2.44. The number of carbonyl (C=O) groups excluding carboxylic acids is 1. The van der Waals surface area contributed by atoms with Gasteiger partial charge in [0, 0.05) is 12.1 Å². The van der Waals surface area contributed by atoms with Crippen molar-refractivity contribution in [3.05, 3.63) is 45.3 Å². The number of ether oxygens (including phenoxy) is 1. The second kappa shape index (κ2) is 5.25. The summed E-state index contributed by atoms with van der Waals surface area (Å²) in [4.78, 5) is 20.9. The lowest BCUT2D eigenvalue weighted by Crippen LogP contribution is -2.01. The van der Waals surface area contributed by atoms with Crippen molar-refractivity contribution in [3.63, 3.8) is 0 Å². The molecule has 0 aliphatic rings. The van der Waals surface area contributed by atoms with E-state index in [0.717, 1.165) is 6.07 Å². The van der Waals surface area contributed by atoms with Gasteiger partial charge in [0.1, 0.15) is 23.7 Å². The van der Waals surface area contributed by atoms with Crippen molar-refractivity contribution in [2.45, 2.75) is 13.5 Å². The van der Waals surface area contributed by atoms with E-state index in [4.69, 9.17) is 4.74 Å². The Hall–Kier alpha value is -2.77. The molecule has 2 rings (SSSR count). The quantitative estimate of drug-likeness (QED) is 0.458. The number of benzene rings is 1. The zero-order chi connectivity index (χ0) is 13.8. The first-order valence-corrected chi connectivity index (χ1v) is 5.26. The summed E-state index contributed by atoms with van der Waals surface area (Å²) in [7, 11) is 0. The van der Waals surface area contributed by atoms with E-state index < -0.39 is 4.92 Å². The van der Waals surface area contributed by atoms with Gasteiger partial charge in [-0.05, 0) is 13.0 Å². The summed E-state index contributed by atoms with van der Waals surface area (Å²) in [5, 5.41) is 17.8. The van der Waals surface area contributed by atoms with Crippen molar-refractivity contribution < 1.29 is 19.1 Å². The van der Waals surface area contributed by atoms with Crippen LogP contribution >= 0.6 is 0 Å². The standard InChI is InChI=1S/C11H9N3O5/c1-7-10(13-19-12-7)6-18-11-3-2-9(14(16)17)4-8(11)5-15/h2-5H,6H2,1H3. The van der Waals surface area contributed by atoms with E-state index in [-0.39, 0.29) is 23.6 Å². The van der Waals surface area contributed by atoms with Gasteiger partial charge in [-0.3, -0.25) is 14.9 Å². The molecule has 0 aliphatic carbocycles. The number of carbonyl (C=O) groups is 1. The van der Waals surface area contributed by atoms with Crippen LogP contribution in [0.15, 0.2) is 22.8 Å². The molecule has 0 N–H and O–H groups in total. The van der Waals surface area contributed by atoms with Gasteiger partial charge in [-0.1, -0.05) is 10.3 Å². The van der Waals surface area contributed by atoms with Crippen molar-refractivity contribution in [2.75, 3.05) is 0 Å². The van der Waals surface area contributed by atoms with Gasteiger partial charge in [0.05, 0.1) is 10.5 Å². The molecule has 19 heavy (non-hydrogen) atoms.